The number of esters is 1. The topological polar surface area (TPSA) is 44.8 Å². The Morgan fingerprint density at radius 1 is 1.32 bits per heavy atom. The Labute approximate surface area is 112 Å². The lowest BCUT2D eigenvalue weighted by Gasteiger charge is -2.18. The van der Waals surface area contributed by atoms with Gasteiger partial charge in [-0.3, -0.25) is 4.79 Å². The molecule has 0 saturated carbocycles. The zero-order valence-corrected chi connectivity index (χ0v) is 11.6. The van der Waals surface area contributed by atoms with Gasteiger partial charge < -0.3 is 14.2 Å². The third-order valence-corrected chi connectivity index (χ3v) is 3.06. The van der Waals surface area contributed by atoms with Crippen molar-refractivity contribution < 1.29 is 23.4 Å². The fraction of sp³-hybridized carbons (Fsp3) is 0.500. The summed E-state index contributed by atoms with van der Waals surface area (Å²) in [6.07, 6.45) is 0. The van der Waals surface area contributed by atoms with Crippen molar-refractivity contribution in [2.45, 2.75) is 13.8 Å². The van der Waals surface area contributed by atoms with Crippen LogP contribution in [-0.4, -0.2) is 26.8 Å². The zero-order valence-electron chi connectivity index (χ0n) is 11.6. The van der Waals surface area contributed by atoms with Crippen LogP contribution in [0.1, 0.15) is 13.8 Å². The number of hydrogen-bond donors (Lipinski definition) is 0. The molecule has 1 aromatic rings. The van der Waals surface area contributed by atoms with Crippen LogP contribution >= 0.6 is 0 Å². The van der Waals surface area contributed by atoms with Gasteiger partial charge in [-0.05, 0) is 12.1 Å². The molecule has 0 radical (unpaired) electrons. The van der Waals surface area contributed by atoms with Gasteiger partial charge in [0, 0.05) is 12.0 Å². The number of carbonyl (C=O) groups excluding carboxylic acids is 1. The summed E-state index contributed by atoms with van der Waals surface area (Å²) in [4.78, 5) is 11.4. The van der Waals surface area contributed by atoms with Crippen molar-refractivity contribution >= 4 is 5.97 Å². The van der Waals surface area contributed by atoms with Gasteiger partial charge in [-0.1, -0.05) is 13.8 Å². The summed E-state index contributed by atoms with van der Waals surface area (Å²) in [6.45, 7) is 4.01. The maximum absolute atomic E-state index is 13.2. The number of methoxy groups -OCH3 is 2. The van der Waals surface area contributed by atoms with E-state index in [0.717, 1.165) is 0 Å². The fourth-order valence-corrected chi connectivity index (χ4v) is 1.52. The number of benzene rings is 1. The molecule has 0 aliphatic carbocycles. The van der Waals surface area contributed by atoms with Crippen LogP contribution in [0, 0.1) is 17.7 Å². The predicted octanol–water partition coefficient (Wildman–Crippen LogP) is 2.66. The van der Waals surface area contributed by atoms with Gasteiger partial charge >= 0.3 is 5.97 Å². The van der Waals surface area contributed by atoms with Gasteiger partial charge in [0.1, 0.15) is 5.75 Å². The normalized spacial score (nSPS) is 13.5. The molecule has 0 N–H and O–H groups in total. The number of hydrogen-bond acceptors (Lipinski definition) is 4. The molecule has 106 valence electrons. The highest BCUT2D eigenvalue weighted by Gasteiger charge is 2.21. The Morgan fingerprint density at radius 2 is 2.00 bits per heavy atom. The Hall–Kier alpha value is -1.78. The van der Waals surface area contributed by atoms with Crippen LogP contribution in [0.15, 0.2) is 18.2 Å². The summed E-state index contributed by atoms with van der Waals surface area (Å²) in [5.41, 5.74) is 0. The highest BCUT2D eigenvalue weighted by molar-refractivity contribution is 5.72. The van der Waals surface area contributed by atoms with Gasteiger partial charge in [-0.15, -0.1) is 0 Å². The molecular weight excluding hydrogens is 251 g/mol. The van der Waals surface area contributed by atoms with E-state index >= 15 is 0 Å². The van der Waals surface area contributed by atoms with Crippen LogP contribution in [0.3, 0.4) is 0 Å². The molecule has 0 aliphatic heterocycles. The smallest absolute Gasteiger partial charge is 0.308 e. The highest BCUT2D eigenvalue weighted by atomic mass is 19.1. The van der Waals surface area contributed by atoms with Gasteiger partial charge in [0.05, 0.1) is 26.7 Å². The van der Waals surface area contributed by atoms with E-state index in [1.54, 1.807) is 6.92 Å². The van der Waals surface area contributed by atoms with Crippen molar-refractivity contribution in [1.82, 2.24) is 0 Å². The largest absolute Gasteiger partial charge is 0.494 e. The van der Waals surface area contributed by atoms with E-state index < -0.39 is 5.82 Å². The lowest BCUT2D eigenvalue weighted by atomic mass is 9.97. The molecule has 0 saturated heterocycles. The highest BCUT2D eigenvalue weighted by Crippen LogP contribution is 2.24. The molecular formula is C14H19FO4. The molecule has 0 aliphatic rings. The third-order valence-electron chi connectivity index (χ3n) is 3.06. The van der Waals surface area contributed by atoms with Gasteiger partial charge in [-0.2, -0.15) is 0 Å². The minimum atomic E-state index is -0.439. The quantitative estimate of drug-likeness (QED) is 0.745. The maximum Gasteiger partial charge on any atom is 0.308 e. The van der Waals surface area contributed by atoms with E-state index in [-0.39, 0.29) is 23.6 Å². The lowest BCUT2D eigenvalue weighted by molar-refractivity contribution is -0.146. The van der Waals surface area contributed by atoms with E-state index in [4.69, 9.17) is 9.47 Å². The van der Waals surface area contributed by atoms with Crippen LogP contribution < -0.4 is 9.47 Å². The molecule has 19 heavy (non-hydrogen) atoms. The summed E-state index contributed by atoms with van der Waals surface area (Å²) in [5.74, 6) is -0.345. The van der Waals surface area contributed by atoms with E-state index in [1.165, 1.54) is 32.4 Å². The molecule has 0 heterocycles. The second-order valence-electron chi connectivity index (χ2n) is 4.40. The summed E-state index contributed by atoms with van der Waals surface area (Å²) in [5, 5.41) is 0. The van der Waals surface area contributed by atoms with Gasteiger partial charge in [0.15, 0.2) is 11.6 Å². The average Bonchev–Trinajstić information content (AvgIpc) is 2.44. The van der Waals surface area contributed by atoms with Crippen molar-refractivity contribution in [3.63, 3.8) is 0 Å². The Bertz CT molecular complexity index is 433. The van der Waals surface area contributed by atoms with Crippen molar-refractivity contribution in [3.05, 3.63) is 24.0 Å². The molecule has 0 bridgehead atoms. The first-order chi connectivity index (χ1) is 8.99. The predicted molar refractivity (Wildman–Crippen MR) is 68.8 cm³/mol. The standard InChI is InChI=1S/C14H19FO4/c1-9(10(2)14(16)18-4)8-19-11-5-6-12(15)13(7-11)17-3/h5-7,9-10H,8H2,1-4H3. The summed E-state index contributed by atoms with van der Waals surface area (Å²) >= 11 is 0. The van der Waals surface area contributed by atoms with Crippen LogP contribution in [-0.2, 0) is 9.53 Å². The van der Waals surface area contributed by atoms with E-state index in [9.17, 15) is 9.18 Å². The van der Waals surface area contributed by atoms with Crippen LogP contribution in [0.25, 0.3) is 0 Å². The second-order valence-corrected chi connectivity index (χ2v) is 4.40. The fourth-order valence-electron chi connectivity index (χ4n) is 1.52. The van der Waals surface area contributed by atoms with E-state index in [2.05, 4.69) is 4.74 Å². The van der Waals surface area contributed by atoms with Crippen molar-refractivity contribution in [3.8, 4) is 11.5 Å². The van der Waals surface area contributed by atoms with Crippen molar-refractivity contribution in [1.29, 1.82) is 0 Å². The molecule has 0 aromatic heterocycles. The van der Waals surface area contributed by atoms with Gasteiger partial charge in [0.2, 0.25) is 0 Å². The van der Waals surface area contributed by atoms with E-state index in [1.807, 2.05) is 6.92 Å². The second kappa shape index (κ2) is 6.97. The number of rotatable bonds is 6. The van der Waals surface area contributed by atoms with E-state index in [0.29, 0.717) is 12.4 Å². The molecule has 4 nitrogen and oxygen atoms in total. The third kappa shape index (κ3) is 4.12. The van der Waals surface area contributed by atoms with Gasteiger partial charge in [0.25, 0.3) is 0 Å². The molecule has 1 aromatic carbocycles. The summed E-state index contributed by atoms with van der Waals surface area (Å²) in [7, 11) is 2.75. The molecule has 0 fully saturated rings. The Morgan fingerprint density at radius 3 is 2.58 bits per heavy atom. The number of halogens is 1. The molecule has 0 spiro atoms. The summed E-state index contributed by atoms with van der Waals surface area (Å²) < 4.78 is 28.3. The monoisotopic (exact) mass is 270 g/mol. The maximum atomic E-state index is 13.2. The Balaban J connectivity index is 2.59. The van der Waals surface area contributed by atoms with Crippen LogP contribution in [0.5, 0.6) is 11.5 Å². The minimum absolute atomic E-state index is 0.0107. The average molecular weight is 270 g/mol. The molecule has 2 unspecified atom stereocenters. The zero-order chi connectivity index (χ0) is 14.4. The molecule has 2 atom stereocenters. The summed E-state index contributed by atoms with van der Waals surface area (Å²) in [6, 6.07) is 4.28. The number of ether oxygens (including phenoxy) is 3. The first kappa shape index (κ1) is 15.3. The first-order valence-electron chi connectivity index (χ1n) is 6.03. The minimum Gasteiger partial charge on any atom is -0.494 e. The molecule has 5 heteroatoms. The molecule has 0 amide bonds. The van der Waals surface area contributed by atoms with Crippen molar-refractivity contribution in [2.75, 3.05) is 20.8 Å². The van der Waals surface area contributed by atoms with Crippen molar-refractivity contribution in [2.24, 2.45) is 11.8 Å². The number of carbonyl (C=O) groups is 1. The van der Waals surface area contributed by atoms with Crippen LogP contribution in [0.4, 0.5) is 4.39 Å². The van der Waals surface area contributed by atoms with Crippen LogP contribution in [0.2, 0.25) is 0 Å². The SMILES string of the molecule is COC(=O)C(C)C(C)COc1ccc(F)c(OC)c1. The Kier molecular flexibility index (Phi) is 5.60. The van der Waals surface area contributed by atoms with Gasteiger partial charge in [-0.25, -0.2) is 4.39 Å². The first-order valence-corrected chi connectivity index (χ1v) is 6.03. The lowest BCUT2D eigenvalue weighted by Crippen LogP contribution is -2.24. The molecule has 1 rings (SSSR count).